The van der Waals surface area contributed by atoms with Crippen molar-refractivity contribution in [2.24, 2.45) is 0 Å². The fourth-order valence-electron chi connectivity index (χ4n) is 1.89. The number of carbonyl (C=O) groups is 2. The van der Waals surface area contributed by atoms with E-state index in [-0.39, 0.29) is 5.82 Å². The molecule has 0 fully saturated rings. The molecule has 0 bridgehead atoms. The van der Waals surface area contributed by atoms with Crippen LogP contribution in [0.15, 0.2) is 30.6 Å². The number of fused-ring (bicyclic) bond motifs is 1. The van der Waals surface area contributed by atoms with Crippen molar-refractivity contribution in [3.63, 3.8) is 0 Å². The summed E-state index contributed by atoms with van der Waals surface area (Å²) >= 11 is 1.26. The number of nitrogens with one attached hydrogen (secondary N) is 2. The molecule has 2 aromatic heterocycles. The highest BCUT2D eigenvalue weighted by atomic mass is 32.1. The number of methoxy groups -OCH3 is 1. The van der Waals surface area contributed by atoms with E-state index < -0.39 is 11.9 Å². The number of benzene rings is 1. The molecule has 0 radical (unpaired) electrons. The van der Waals surface area contributed by atoms with Crippen LogP contribution in [0.5, 0.6) is 0 Å². The summed E-state index contributed by atoms with van der Waals surface area (Å²) in [4.78, 5) is 28.1. The zero-order valence-electron chi connectivity index (χ0n) is 10.9. The molecule has 1 aromatic carbocycles. The van der Waals surface area contributed by atoms with Crippen LogP contribution in [0, 0.1) is 0 Å². The molecular formula is C13H10N4O3S. The van der Waals surface area contributed by atoms with Crippen LogP contribution in [0.4, 0.5) is 5.69 Å². The highest BCUT2D eigenvalue weighted by molar-refractivity contribution is 7.21. The number of carbonyl (C=O) groups excluding carboxylic acids is 2. The van der Waals surface area contributed by atoms with E-state index in [2.05, 4.69) is 20.5 Å². The van der Waals surface area contributed by atoms with E-state index in [1.54, 1.807) is 0 Å². The van der Waals surface area contributed by atoms with Crippen LogP contribution in [0.25, 0.3) is 10.1 Å². The van der Waals surface area contributed by atoms with E-state index in [1.807, 2.05) is 24.3 Å². The summed E-state index contributed by atoms with van der Waals surface area (Å²) in [6.45, 7) is 0. The van der Waals surface area contributed by atoms with E-state index in [1.165, 1.54) is 24.8 Å². The second kappa shape index (κ2) is 5.33. The monoisotopic (exact) mass is 302 g/mol. The summed E-state index contributed by atoms with van der Waals surface area (Å²) < 4.78 is 5.64. The summed E-state index contributed by atoms with van der Waals surface area (Å²) in [5.74, 6) is -0.897. The zero-order valence-corrected chi connectivity index (χ0v) is 11.7. The number of ether oxygens (including phenoxy) is 1. The second-order valence-electron chi connectivity index (χ2n) is 4.08. The summed E-state index contributed by atoms with van der Waals surface area (Å²) in [5, 5.41) is 9.56. The average Bonchev–Trinajstić information content (AvgIpc) is 3.15. The number of rotatable bonds is 3. The minimum absolute atomic E-state index is 0.0705. The first kappa shape index (κ1) is 13.3. The van der Waals surface area contributed by atoms with Gasteiger partial charge in [-0.25, -0.2) is 9.78 Å². The lowest BCUT2D eigenvalue weighted by Crippen LogP contribution is -2.15. The SMILES string of the molecule is COC(=O)c1sc2ccccc2c1NC(=O)c1ncn[nH]1. The molecule has 0 spiro atoms. The number of amides is 1. The Bertz CT molecular complexity index is 810. The molecule has 0 saturated heterocycles. The number of aromatic amines is 1. The molecule has 0 aliphatic rings. The first-order valence-electron chi connectivity index (χ1n) is 5.97. The Morgan fingerprint density at radius 1 is 1.33 bits per heavy atom. The summed E-state index contributed by atoms with van der Waals surface area (Å²) in [6.07, 6.45) is 1.24. The van der Waals surface area contributed by atoms with Gasteiger partial charge in [0.1, 0.15) is 11.2 Å². The summed E-state index contributed by atoms with van der Waals surface area (Å²) in [7, 11) is 1.30. The molecule has 3 rings (SSSR count). The maximum absolute atomic E-state index is 12.1. The van der Waals surface area contributed by atoms with Crippen molar-refractivity contribution in [2.75, 3.05) is 12.4 Å². The minimum atomic E-state index is -0.496. The van der Waals surface area contributed by atoms with Gasteiger partial charge in [-0.1, -0.05) is 18.2 Å². The number of anilines is 1. The van der Waals surface area contributed by atoms with Crippen LogP contribution in [0.3, 0.4) is 0 Å². The van der Waals surface area contributed by atoms with E-state index >= 15 is 0 Å². The average molecular weight is 302 g/mol. The Balaban J connectivity index is 2.07. The lowest BCUT2D eigenvalue weighted by molar-refractivity contribution is 0.0607. The molecule has 0 aliphatic carbocycles. The predicted molar refractivity (Wildman–Crippen MR) is 77.5 cm³/mol. The Labute approximate surface area is 123 Å². The first-order chi connectivity index (χ1) is 10.2. The molecule has 0 unspecified atom stereocenters. The molecule has 0 aliphatic heterocycles. The van der Waals surface area contributed by atoms with E-state index in [0.717, 1.165) is 10.1 Å². The molecule has 2 heterocycles. The van der Waals surface area contributed by atoms with Crippen LogP contribution in [0.1, 0.15) is 20.3 Å². The van der Waals surface area contributed by atoms with Crippen molar-refractivity contribution in [2.45, 2.75) is 0 Å². The quantitative estimate of drug-likeness (QED) is 0.722. The van der Waals surface area contributed by atoms with Gasteiger partial charge in [-0.15, -0.1) is 11.3 Å². The van der Waals surface area contributed by atoms with Crippen LogP contribution in [0.2, 0.25) is 0 Å². The Morgan fingerprint density at radius 2 is 2.14 bits per heavy atom. The number of H-pyrrole nitrogens is 1. The molecule has 1 amide bonds. The molecule has 3 aromatic rings. The number of nitrogens with zero attached hydrogens (tertiary/aromatic N) is 2. The summed E-state index contributed by atoms with van der Waals surface area (Å²) in [5.41, 5.74) is 0.420. The van der Waals surface area contributed by atoms with Gasteiger partial charge >= 0.3 is 5.97 Å². The maximum atomic E-state index is 12.1. The fraction of sp³-hybridized carbons (Fsp3) is 0.0769. The van der Waals surface area contributed by atoms with E-state index in [0.29, 0.717) is 10.6 Å². The third-order valence-corrected chi connectivity index (χ3v) is 3.99. The smallest absolute Gasteiger partial charge is 0.350 e. The molecule has 8 heteroatoms. The molecule has 106 valence electrons. The fourth-order valence-corrected chi connectivity index (χ4v) is 2.97. The normalized spacial score (nSPS) is 10.5. The van der Waals surface area contributed by atoms with Gasteiger partial charge in [-0.3, -0.25) is 9.89 Å². The Morgan fingerprint density at radius 3 is 2.86 bits per heavy atom. The molecular weight excluding hydrogens is 292 g/mol. The van der Waals surface area contributed by atoms with Gasteiger partial charge < -0.3 is 10.1 Å². The highest BCUT2D eigenvalue weighted by Crippen LogP contribution is 2.36. The van der Waals surface area contributed by atoms with Gasteiger partial charge in [0.05, 0.1) is 12.8 Å². The molecule has 0 saturated carbocycles. The number of esters is 1. The predicted octanol–water partition coefficient (Wildman–Crippen LogP) is 2.06. The number of hydrogen-bond acceptors (Lipinski definition) is 6. The van der Waals surface area contributed by atoms with Crippen molar-refractivity contribution < 1.29 is 14.3 Å². The van der Waals surface area contributed by atoms with E-state index in [9.17, 15) is 9.59 Å². The van der Waals surface area contributed by atoms with Crippen LogP contribution >= 0.6 is 11.3 Å². The Hall–Kier alpha value is -2.74. The topological polar surface area (TPSA) is 97.0 Å². The third kappa shape index (κ3) is 2.36. The van der Waals surface area contributed by atoms with Crippen LogP contribution in [-0.2, 0) is 4.74 Å². The van der Waals surface area contributed by atoms with Gasteiger partial charge in [-0.05, 0) is 6.07 Å². The largest absolute Gasteiger partial charge is 0.465 e. The van der Waals surface area contributed by atoms with Crippen LogP contribution in [-0.4, -0.2) is 34.2 Å². The van der Waals surface area contributed by atoms with Gasteiger partial charge in [0.25, 0.3) is 5.91 Å². The Kier molecular flexibility index (Phi) is 3.36. The lowest BCUT2D eigenvalue weighted by atomic mass is 10.2. The van der Waals surface area contributed by atoms with Crippen molar-refractivity contribution in [1.29, 1.82) is 0 Å². The molecule has 21 heavy (non-hydrogen) atoms. The number of aromatic nitrogens is 3. The maximum Gasteiger partial charge on any atom is 0.350 e. The van der Waals surface area contributed by atoms with Gasteiger partial charge in [0, 0.05) is 10.1 Å². The highest BCUT2D eigenvalue weighted by Gasteiger charge is 2.21. The van der Waals surface area contributed by atoms with Crippen molar-refractivity contribution in [3.8, 4) is 0 Å². The second-order valence-corrected chi connectivity index (χ2v) is 5.13. The van der Waals surface area contributed by atoms with Crippen molar-refractivity contribution in [1.82, 2.24) is 15.2 Å². The van der Waals surface area contributed by atoms with Crippen molar-refractivity contribution in [3.05, 3.63) is 41.3 Å². The molecule has 0 atom stereocenters. The lowest BCUT2D eigenvalue weighted by Gasteiger charge is -2.04. The number of hydrogen-bond donors (Lipinski definition) is 2. The number of thiophene rings is 1. The molecule has 7 nitrogen and oxygen atoms in total. The third-order valence-electron chi connectivity index (χ3n) is 2.83. The zero-order chi connectivity index (χ0) is 14.8. The first-order valence-corrected chi connectivity index (χ1v) is 6.79. The van der Waals surface area contributed by atoms with Gasteiger partial charge in [-0.2, -0.15) is 5.10 Å². The van der Waals surface area contributed by atoms with Crippen molar-refractivity contribution >= 4 is 39.0 Å². The van der Waals surface area contributed by atoms with E-state index in [4.69, 9.17) is 4.74 Å². The standard InChI is InChI=1S/C13H10N4O3S/c1-20-13(19)10-9(7-4-2-3-5-8(7)21-10)16-12(18)11-14-6-15-17-11/h2-6H,1H3,(H,16,18)(H,14,15,17). The van der Waals surface area contributed by atoms with Gasteiger partial charge in [0.15, 0.2) is 0 Å². The van der Waals surface area contributed by atoms with Gasteiger partial charge in [0.2, 0.25) is 5.82 Å². The minimum Gasteiger partial charge on any atom is -0.465 e. The summed E-state index contributed by atoms with van der Waals surface area (Å²) in [6, 6.07) is 7.40. The molecule has 2 N–H and O–H groups in total. The van der Waals surface area contributed by atoms with Crippen LogP contribution < -0.4 is 5.32 Å².